The highest BCUT2D eigenvalue weighted by atomic mass is 16.2. The van der Waals surface area contributed by atoms with E-state index in [0.717, 1.165) is 12.2 Å². The van der Waals surface area contributed by atoms with Crippen LogP contribution in [0.5, 0.6) is 0 Å². The number of amides is 1. The number of hydrogen-bond acceptors (Lipinski definition) is 2. The van der Waals surface area contributed by atoms with Gasteiger partial charge in [-0.2, -0.15) is 0 Å². The van der Waals surface area contributed by atoms with E-state index < -0.39 is 5.54 Å². The van der Waals surface area contributed by atoms with Crippen LogP contribution in [0, 0.1) is 0 Å². The zero-order valence-corrected chi connectivity index (χ0v) is 9.37. The first-order chi connectivity index (χ1) is 7.02. The van der Waals surface area contributed by atoms with Crippen LogP contribution >= 0.6 is 0 Å². The number of carbonyl (C=O) groups is 1. The normalized spacial score (nSPS) is 19.7. The Morgan fingerprint density at radius 1 is 1.33 bits per heavy atom. The van der Waals surface area contributed by atoms with Gasteiger partial charge >= 0.3 is 0 Å². The monoisotopic (exact) mass is 204 g/mol. The van der Waals surface area contributed by atoms with Gasteiger partial charge in [0.05, 0.1) is 5.54 Å². The highest BCUT2D eigenvalue weighted by Crippen LogP contribution is 2.25. The average Bonchev–Trinajstić information content (AvgIpc) is 2.31. The number of hydrogen-bond donors (Lipinski definition) is 1. The van der Waals surface area contributed by atoms with Gasteiger partial charge in [0.25, 0.3) is 0 Å². The molecule has 1 aromatic carbocycles. The molecule has 2 rings (SSSR count). The fourth-order valence-electron chi connectivity index (χ4n) is 1.91. The average molecular weight is 204 g/mol. The van der Waals surface area contributed by atoms with Crippen molar-refractivity contribution in [3.05, 3.63) is 29.8 Å². The summed E-state index contributed by atoms with van der Waals surface area (Å²) in [6.45, 7) is 4.56. The molecule has 0 bridgehead atoms. The zero-order valence-electron chi connectivity index (χ0n) is 9.37. The molecule has 3 heteroatoms. The van der Waals surface area contributed by atoms with E-state index in [0.29, 0.717) is 0 Å². The smallest absolute Gasteiger partial charge is 0.246 e. The standard InChI is InChI=1S/C12H16N2O/c1-12(2)11(15)14(3)10-7-5-4-6-9(10)8-13-12/h4-7,13H,8H2,1-3H3. The number of fused-ring (bicyclic) bond motifs is 1. The molecule has 0 unspecified atom stereocenters. The van der Waals surface area contributed by atoms with Crippen LogP contribution in [0.15, 0.2) is 24.3 Å². The summed E-state index contributed by atoms with van der Waals surface area (Å²) in [5, 5.41) is 3.27. The highest BCUT2D eigenvalue weighted by Gasteiger charge is 2.33. The molecular weight excluding hydrogens is 188 g/mol. The fourth-order valence-corrected chi connectivity index (χ4v) is 1.91. The van der Waals surface area contributed by atoms with Crippen molar-refractivity contribution in [3.8, 4) is 0 Å². The first kappa shape index (κ1) is 10.2. The van der Waals surface area contributed by atoms with Gasteiger partial charge in [-0.1, -0.05) is 18.2 Å². The van der Waals surface area contributed by atoms with Crippen molar-refractivity contribution in [2.75, 3.05) is 11.9 Å². The molecule has 1 amide bonds. The molecule has 0 atom stereocenters. The summed E-state index contributed by atoms with van der Waals surface area (Å²) in [5.74, 6) is 0.104. The number of anilines is 1. The van der Waals surface area contributed by atoms with E-state index in [9.17, 15) is 4.79 Å². The third-order valence-electron chi connectivity index (χ3n) is 2.91. The molecule has 0 saturated carbocycles. The number of benzene rings is 1. The van der Waals surface area contributed by atoms with Crippen molar-refractivity contribution in [1.29, 1.82) is 0 Å². The fraction of sp³-hybridized carbons (Fsp3) is 0.417. The number of nitrogens with zero attached hydrogens (tertiary/aromatic N) is 1. The van der Waals surface area contributed by atoms with Crippen LogP contribution in [-0.4, -0.2) is 18.5 Å². The van der Waals surface area contributed by atoms with Gasteiger partial charge in [0, 0.05) is 19.3 Å². The SMILES string of the molecule is CN1C(=O)C(C)(C)NCc2ccccc21. The van der Waals surface area contributed by atoms with Crippen LogP contribution in [0.2, 0.25) is 0 Å². The lowest BCUT2D eigenvalue weighted by molar-refractivity contribution is -0.123. The minimum Gasteiger partial charge on any atom is -0.314 e. The minimum absolute atomic E-state index is 0.104. The van der Waals surface area contributed by atoms with Crippen LogP contribution < -0.4 is 10.2 Å². The summed E-state index contributed by atoms with van der Waals surface area (Å²) in [5.41, 5.74) is 1.67. The molecule has 0 aliphatic carbocycles. The van der Waals surface area contributed by atoms with Gasteiger partial charge in [-0.3, -0.25) is 10.1 Å². The van der Waals surface area contributed by atoms with Gasteiger partial charge in [-0.25, -0.2) is 0 Å². The molecule has 0 aromatic heterocycles. The lowest BCUT2D eigenvalue weighted by Gasteiger charge is -2.26. The predicted molar refractivity (Wildman–Crippen MR) is 60.8 cm³/mol. The van der Waals surface area contributed by atoms with Crippen LogP contribution in [0.3, 0.4) is 0 Å². The first-order valence-corrected chi connectivity index (χ1v) is 5.13. The molecular formula is C12H16N2O. The van der Waals surface area contributed by atoms with Crippen molar-refractivity contribution in [2.45, 2.75) is 25.9 Å². The Balaban J connectivity index is 2.48. The van der Waals surface area contributed by atoms with Gasteiger partial charge in [0.15, 0.2) is 0 Å². The lowest BCUT2D eigenvalue weighted by atomic mass is 10.0. The predicted octanol–water partition coefficient (Wildman–Crippen LogP) is 1.53. The Hall–Kier alpha value is -1.35. The summed E-state index contributed by atoms with van der Waals surface area (Å²) in [7, 11) is 1.83. The summed E-state index contributed by atoms with van der Waals surface area (Å²) in [4.78, 5) is 13.8. The molecule has 0 saturated heterocycles. The van der Waals surface area contributed by atoms with Crippen LogP contribution in [0.25, 0.3) is 0 Å². The van der Waals surface area contributed by atoms with Crippen molar-refractivity contribution >= 4 is 11.6 Å². The van der Waals surface area contributed by atoms with Gasteiger partial charge in [-0.15, -0.1) is 0 Å². The molecule has 15 heavy (non-hydrogen) atoms. The Morgan fingerprint density at radius 3 is 2.73 bits per heavy atom. The summed E-state index contributed by atoms with van der Waals surface area (Å²) in [6.07, 6.45) is 0. The number of nitrogens with one attached hydrogen (secondary N) is 1. The molecule has 1 heterocycles. The number of likely N-dealkylation sites (N-methyl/N-ethyl adjacent to an activating group) is 1. The maximum Gasteiger partial charge on any atom is 0.246 e. The van der Waals surface area contributed by atoms with Gasteiger partial charge in [0.2, 0.25) is 5.91 Å². The lowest BCUT2D eigenvalue weighted by Crippen LogP contribution is -2.50. The molecule has 0 spiro atoms. The highest BCUT2D eigenvalue weighted by molar-refractivity contribution is 6.00. The maximum atomic E-state index is 12.1. The number of para-hydroxylation sites is 1. The van der Waals surface area contributed by atoms with Crippen LogP contribution in [-0.2, 0) is 11.3 Å². The molecule has 0 fully saturated rings. The third-order valence-corrected chi connectivity index (χ3v) is 2.91. The number of rotatable bonds is 0. The van der Waals surface area contributed by atoms with Crippen LogP contribution in [0.1, 0.15) is 19.4 Å². The molecule has 1 aliphatic heterocycles. The van der Waals surface area contributed by atoms with E-state index in [4.69, 9.17) is 0 Å². The van der Waals surface area contributed by atoms with Gasteiger partial charge in [-0.05, 0) is 25.5 Å². The van der Waals surface area contributed by atoms with Crippen molar-refractivity contribution in [3.63, 3.8) is 0 Å². The Morgan fingerprint density at radius 2 is 2.00 bits per heavy atom. The Labute approximate surface area is 90.1 Å². The van der Waals surface area contributed by atoms with E-state index in [1.807, 2.05) is 45.2 Å². The Bertz CT molecular complexity index is 398. The van der Waals surface area contributed by atoms with Crippen molar-refractivity contribution in [1.82, 2.24) is 5.32 Å². The zero-order chi connectivity index (χ0) is 11.1. The van der Waals surface area contributed by atoms with E-state index in [2.05, 4.69) is 5.32 Å². The first-order valence-electron chi connectivity index (χ1n) is 5.13. The van der Waals surface area contributed by atoms with E-state index >= 15 is 0 Å². The maximum absolute atomic E-state index is 12.1. The second-order valence-electron chi connectivity index (χ2n) is 4.47. The van der Waals surface area contributed by atoms with Crippen molar-refractivity contribution < 1.29 is 4.79 Å². The van der Waals surface area contributed by atoms with E-state index in [-0.39, 0.29) is 5.91 Å². The van der Waals surface area contributed by atoms with E-state index in [1.54, 1.807) is 4.90 Å². The molecule has 1 aliphatic rings. The minimum atomic E-state index is -0.492. The summed E-state index contributed by atoms with van der Waals surface area (Å²) < 4.78 is 0. The molecule has 3 nitrogen and oxygen atoms in total. The topological polar surface area (TPSA) is 32.3 Å². The second-order valence-corrected chi connectivity index (χ2v) is 4.47. The van der Waals surface area contributed by atoms with Gasteiger partial charge in [0.1, 0.15) is 0 Å². The van der Waals surface area contributed by atoms with E-state index in [1.165, 1.54) is 5.56 Å². The second kappa shape index (κ2) is 3.35. The molecule has 0 radical (unpaired) electrons. The number of carbonyl (C=O) groups excluding carboxylic acids is 1. The summed E-state index contributed by atoms with van der Waals surface area (Å²) >= 11 is 0. The largest absolute Gasteiger partial charge is 0.314 e. The van der Waals surface area contributed by atoms with Crippen LogP contribution in [0.4, 0.5) is 5.69 Å². The molecule has 80 valence electrons. The van der Waals surface area contributed by atoms with Gasteiger partial charge < -0.3 is 4.90 Å². The summed E-state index contributed by atoms with van der Waals surface area (Å²) in [6, 6.07) is 7.99. The Kier molecular flexibility index (Phi) is 2.27. The molecule has 1 aromatic rings. The molecule has 1 N–H and O–H groups in total. The third kappa shape index (κ3) is 1.63. The quantitative estimate of drug-likeness (QED) is 0.695. The van der Waals surface area contributed by atoms with Crippen molar-refractivity contribution in [2.24, 2.45) is 0 Å².